The molecule has 2 N–H and O–H groups in total. The van der Waals surface area contributed by atoms with Gasteiger partial charge < -0.3 is 28.7 Å². The van der Waals surface area contributed by atoms with Crippen LogP contribution < -0.4 is 10.6 Å². The molecule has 0 bridgehead atoms. The zero-order chi connectivity index (χ0) is 16.9. The second kappa shape index (κ2) is 12.6. The van der Waals surface area contributed by atoms with Crippen LogP contribution in [0.4, 0.5) is 0 Å². The molecule has 8 nitrogen and oxygen atoms in total. The van der Waals surface area contributed by atoms with Gasteiger partial charge in [-0.2, -0.15) is 0 Å². The zero-order valence-corrected chi connectivity index (χ0v) is 15.8. The fraction of sp³-hybridized carbons (Fsp3) is 1.00. The predicted molar refractivity (Wildman–Crippen MR) is 87.5 cm³/mol. The van der Waals surface area contributed by atoms with E-state index in [2.05, 4.69) is 10.6 Å². The maximum Gasteiger partial charge on any atom is 0.344 e. The van der Waals surface area contributed by atoms with Crippen LogP contribution >= 0.6 is 15.2 Å². The van der Waals surface area contributed by atoms with Gasteiger partial charge in [-0.1, -0.05) is 0 Å². The SMILES string of the molecule is CCOP(=O)(CNCCNCP(=O)(OCC)OCC)OCC. The molecule has 0 atom stereocenters. The second-order valence-electron chi connectivity index (χ2n) is 4.21. The summed E-state index contributed by atoms with van der Waals surface area (Å²) in [6.45, 7) is 9.49. The minimum Gasteiger partial charge on any atom is -0.308 e. The summed E-state index contributed by atoms with van der Waals surface area (Å²) in [4.78, 5) is 0. The lowest BCUT2D eigenvalue weighted by Crippen LogP contribution is -2.29. The molecular formula is C12H30N2O6P2. The molecule has 0 fully saturated rings. The highest BCUT2D eigenvalue weighted by Crippen LogP contribution is 2.47. The fourth-order valence-electron chi connectivity index (χ4n) is 1.65. The largest absolute Gasteiger partial charge is 0.344 e. The standard InChI is InChI=1S/C12H30N2O6P2/c1-5-17-21(15,18-6-2)11-13-9-10-14-12-22(16,19-7-3)20-8-4/h13-14H,5-12H2,1-4H3. The van der Waals surface area contributed by atoms with Crippen molar-refractivity contribution in [3.05, 3.63) is 0 Å². The van der Waals surface area contributed by atoms with E-state index in [-0.39, 0.29) is 12.6 Å². The maximum absolute atomic E-state index is 12.2. The summed E-state index contributed by atoms with van der Waals surface area (Å²) >= 11 is 0. The molecule has 0 aromatic carbocycles. The molecule has 0 aliphatic carbocycles. The molecule has 0 amide bonds. The fourth-order valence-corrected chi connectivity index (χ4v) is 4.60. The number of hydrogen-bond donors (Lipinski definition) is 2. The van der Waals surface area contributed by atoms with E-state index in [0.717, 1.165) is 0 Å². The van der Waals surface area contributed by atoms with E-state index >= 15 is 0 Å². The van der Waals surface area contributed by atoms with Gasteiger partial charge in [0.15, 0.2) is 0 Å². The van der Waals surface area contributed by atoms with Crippen molar-refractivity contribution in [2.75, 3.05) is 52.1 Å². The first-order chi connectivity index (χ1) is 10.4. The van der Waals surface area contributed by atoms with Crippen LogP contribution in [0.5, 0.6) is 0 Å². The van der Waals surface area contributed by atoms with Crippen molar-refractivity contribution in [1.29, 1.82) is 0 Å². The minimum atomic E-state index is -3.06. The van der Waals surface area contributed by atoms with E-state index in [4.69, 9.17) is 18.1 Å². The summed E-state index contributed by atoms with van der Waals surface area (Å²) in [5.74, 6) is 0. The molecule has 0 aromatic heterocycles. The predicted octanol–water partition coefficient (Wildman–Crippen LogP) is 2.61. The third-order valence-electron chi connectivity index (χ3n) is 2.39. The van der Waals surface area contributed by atoms with Crippen LogP contribution in [-0.4, -0.2) is 52.1 Å². The molecule has 0 rings (SSSR count). The molecule has 134 valence electrons. The Kier molecular flexibility index (Phi) is 12.7. The van der Waals surface area contributed by atoms with E-state index in [1.54, 1.807) is 27.7 Å². The van der Waals surface area contributed by atoms with Crippen molar-refractivity contribution in [3.8, 4) is 0 Å². The summed E-state index contributed by atoms with van der Waals surface area (Å²) in [5, 5.41) is 6.00. The highest BCUT2D eigenvalue weighted by molar-refractivity contribution is 7.54. The summed E-state index contributed by atoms with van der Waals surface area (Å²) in [7, 11) is -6.13. The number of nitrogens with one attached hydrogen (secondary N) is 2. The molecule has 0 aromatic rings. The van der Waals surface area contributed by atoms with Gasteiger partial charge in [-0.3, -0.25) is 9.13 Å². The Bertz CT molecular complexity index is 316. The second-order valence-corrected chi connectivity index (χ2v) is 8.32. The first-order valence-electron chi connectivity index (χ1n) is 7.63. The average Bonchev–Trinajstić information content (AvgIpc) is 2.44. The quantitative estimate of drug-likeness (QED) is 0.340. The van der Waals surface area contributed by atoms with Crippen LogP contribution in [0.25, 0.3) is 0 Å². The van der Waals surface area contributed by atoms with Crippen molar-refractivity contribution in [2.45, 2.75) is 27.7 Å². The Morgan fingerprint density at radius 2 is 0.909 bits per heavy atom. The summed E-state index contributed by atoms with van der Waals surface area (Å²) in [5.41, 5.74) is 0. The normalized spacial score (nSPS) is 12.7. The highest BCUT2D eigenvalue weighted by Gasteiger charge is 2.24. The first kappa shape index (κ1) is 22.2. The highest BCUT2D eigenvalue weighted by atomic mass is 31.2. The van der Waals surface area contributed by atoms with Crippen molar-refractivity contribution in [1.82, 2.24) is 10.6 Å². The van der Waals surface area contributed by atoms with Crippen LogP contribution in [0, 0.1) is 0 Å². The van der Waals surface area contributed by atoms with Gasteiger partial charge in [-0.25, -0.2) is 0 Å². The van der Waals surface area contributed by atoms with Crippen LogP contribution in [0.2, 0.25) is 0 Å². The molecule has 0 spiro atoms. The summed E-state index contributed by atoms with van der Waals surface area (Å²) in [6, 6.07) is 0. The lowest BCUT2D eigenvalue weighted by Gasteiger charge is -2.19. The van der Waals surface area contributed by atoms with Gasteiger partial charge in [0.25, 0.3) is 0 Å². The topological polar surface area (TPSA) is 95.1 Å². The molecular weight excluding hydrogens is 330 g/mol. The smallest absolute Gasteiger partial charge is 0.308 e. The molecule has 0 unspecified atom stereocenters. The summed E-state index contributed by atoms with van der Waals surface area (Å²) < 4.78 is 45.0. The monoisotopic (exact) mass is 360 g/mol. The van der Waals surface area contributed by atoms with Crippen LogP contribution in [0.3, 0.4) is 0 Å². The van der Waals surface area contributed by atoms with E-state index < -0.39 is 15.2 Å². The van der Waals surface area contributed by atoms with Crippen LogP contribution in [-0.2, 0) is 27.2 Å². The molecule has 0 aliphatic rings. The molecule has 0 heterocycles. The molecule has 22 heavy (non-hydrogen) atoms. The molecule has 0 saturated carbocycles. The van der Waals surface area contributed by atoms with Gasteiger partial charge in [0, 0.05) is 13.1 Å². The number of hydrogen-bond acceptors (Lipinski definition) is 8. The van der Waals surface area contributed by atoms with E-state index in [9.17, 15) is 9.13 Å². The Hall–Kier alpha value is 0.220. The molecule has 10 heteroatoms. The summed E-state index contributed by atoms with van der Waals surface area (Å²) in [6.07, 6.45) is 0.288. The van der Waals surface area contributed by atoms with Gasteiger partial charge in [0.05, 0.1) is 39.0 Å². The van der Waals surface area contributed by atoms with E-state index in [1.807, 2.05) is 0 Å². The Labute approximate surface area is 133 Å². The third-order valence-corrected chi connectivity index (χ3v) is 6.22. The van der Waals surface area contributed by atoms with Crippen LogP contribution in [0.1, 0.15) is 27.7 Å². The molecule has 0 aliphatic heterocycles. The van der Waals surface area contributed by atoms with Crippen molar-refractivity contribution in [3.63, 3.8) is 0 Å². The maximum atomic E-state index is 12.2. The van der Waals surface area contributed by atoms with Gasteiger partial charge in [-0.05, 0) is 27.7 Å². The van der Waals surface area contributed by atoms with E-state index in [1.165, 1.54) is 0 Å². The molecule has 0 saturated heterocycles. The Morgan fingerprint density at radius 1 is 0.636 bits per heavy atom. The first-order valence-corrected chi connectivity index (χ1v) is 11.1. The lowest BCUT2D eigenvalue weighted by atomic mass is 10.6. The zero-order valence-electron chi connectivity index (χ0n) is 14.0. The average molecular weight is 360 g/mol. The minimum absolute atomic E-state index is 0.144. The van der Waals surface area contributed by atoms with Crippen molar-refractivity contribution >= 4 is 15.2 Å². The lowest BCUT2D eigenvalue weighted by molar-refractivity contribution is 0.216. The van der Waals surface area contributed by atoms with Crippen LogP contribution in [0.15, 0.2) is 0 Å². The number of rotatable bonds is 15. The van der Waals surface area contributed by atoms with Gasteiger partial charge >= 0.3 is 15.2 Å². The van der Waals surface area contributed by atoms with Crippen molar-refractivity contribution in [2.24, 2.45) is 0 Å². The molecule has 0 radical (unpaired) electrons. The Morgan fingerprint density at radius 3 is 1.14 bits per heavy atom. The van der Waals surface area contributed by atoms with Gasteiger partial charge in [-0.15, -0.1) is 0 Å². The van der Waals surface area contributed by atoms with E-state index in [0.29, 0.717) is 39.5 Å². The third kappa shape index (κ3) is 10.1. The van der Waals surface area contributed by atoms with Crippen molar-refractivity contribution < 1.29 is 27.2 Å². The Balaban J connectivity index is 3.96. The van der Waals surface area contributed by atoms with Gasteiger partial charge in [0.2, 0.25) is 0 Å². The van der Waals surface area contributed by atoms with Gasteiger partial charge in [0.1, 0.15) is 0 Å².